The van der Waals surface area contributed by atoms with Crippen LogP contribution in [-0.4, -0.2) is 29.1 Å². The van der Waals surface area contributed by atoms with Crippen LogP contribution in [0, 0.1) is 0 Å². The van der Waals surface area contributed by atoms with Gasteiger partial charge in [0.2, 0.25) is 0 Å². The molecule has 1 saturated heterocycles. The number of rotatable bonds is 2. The predicted octanol–water partition coefficient (Wildman–Crippen LogP) is 0.260. The van der Waals surface area contributed by atoms with E-state index < -0.39 is 0 Å². The largest absolute Gasteiger partial charge is 0.356 e. The zero-order chi connectivity index (χ0) is 11.5. The van der Waals surface area contributed by atoms with Crippen LogP contribution in [0.15, 0.2) is 10.9 Å². The molecule has 5 heteroatoms. The zero-order valence-electron chi connectivity index (χ0n) is 9.57. The van der Waals surface area contributed by atoms with Crippen LogP contribution >= 0.6 is 0 Å². The van der Waals surface area contributed by atoms with Crippen molar-refractivity contribution >= 4 is 5.82 Å². The molecular formula is C11H18N4O. The summed E-state index contributed by atoms with van der Waals surface area (Å²) in [6.45, 7) is 3.76. The highest BCUT2D eigenvalue weighted by molar-refractivity contribution is 5.38. The maximum atomic E-state index is 11.4. The molecule has 0 amide bonds. The lowest BCUT2D eigenvalue weighted by Gasteiger charge is -2.31. The number of anilines is 1. The topological polar surface area (TPSA) is 75.0 Å². The van der Waals surface area contributed by atoms with Gasteiger partial charge in [-0.25, -0.2) is 4.98 Å². The normalized spacial score (nSPS) is 17.8. The summed E-state index contributed by atoms with van der Waals surface area (Å²) in [6.07, 6.45) is 2.68. The molecule has 0 bridgehead atoms. The Hall–Kier alpha value is -1.36. The van der Waals surface area contributed by atoms with E-state index in [0.29, 0.717) is 6.04 Å². The van der Waals surface area contributed by atoms with Crippen LogP contribution in [0.3, 0.4) is 0 Å². The Morgan fingerprint density at radius 3 is 2.88 bits per heavy atom. The first-order valence-electron chi connectivity index (χ1n) is 5.80. The van der Waals surface area contributed by atoms with Crippen molar-refractivity contribution in [3.8, 4) is 0 Å². The van der Waals surface area contributed by atoms with Gasteiger partial charge in [0.1, 0.15) is 11.6 Å². The van der Waals surface area contributed by atoms with Crippen LogP contribution in [0.5, 0.6) is 0 Å². The molecule has 0 unspecified atom stereocenters. The van der Waals surface area contributed by atoms with Gasteiger partial charge >= 0.3 is 0 Å². The van der Waals surface area contributed by atoms with E-state index in [1.54, 1.807) is 6.07 Å². The minimum absolute atomic E-state index is 0.0725. The summed E-state index contributed by atoms with van der Waals surface area (Å²) < 4.78 is 0. The smallest absolute Gasteiger partial charge is 0.252 e. The Labute approximate surface area is 94.7 Å². The van der Waals surface area contributed by atoms with Crippen LogP contribution < -0.4 is 16.2 Å². The van der Waals surface area contributed by atoms with Crippen LogP contribution in [0.25, 0.3) is 0 Å². The highest BCUT2D eigenvalue weighted by Gasteiger charge is 2.17. The Kier molecular flexibility index (Phi) is 3.24. The highest BCUT2D eigenvalue weighted by atomic mass is 16.1. The van der Waals surface area contributed by atoms with E-state index in [4.69, 9.17) is 5.73 Å². The number of aromatic nitrogens is 2. The molecule has 3 N–H and O–H groups in total. The van der Waals surface area contributed by atoms with Crippen molar-refractivity contribution in [2.75, 3.05) is 18.0 Å². The van der Waals surface area contributed by atoms with E-state index in [1.807, 2.05) is 6.92 Å². The van der Waals surface area contributed by atoms with Gasteiger partial charge in [0.05, 0.1) is 0 Å². The van der Waals surface area contributed by atoms with Gasteiger partial charge < -0.3 is 15.6 Å². The van der Waals surface area contributed by atoms with Crippen LogP contribution in [0.1, 0.15) is 25.6 Å². The fourth-order valence-corrected chi connectivity index (χ4v) is 1.95. The summed E-state index contributed by atoms with van der Waals surface area (Å²) in [6, 6.07) is 1.86. The number of hydrogen-bond donors (Lipinski definition) is 2. The lowest BCUT2D eigenvalue weighted by Crippen LogP contribution is -2.40. The van der Waals surface area contributed by atoms with Crippen molar-refractivity contribution in [2.45, 2.75) is 32.2 Å². The maximum Gasteiger partial charge on any atom is 0.252 e. The fraction of sp³-hybridized carbons (Fsp3) is 0.636. The second kappa shape index (κ2) is 4.65. The molecule has 2 heterocycles. The van der Waals surface area contributed by atoms with Crippen molar-refractivity contribution in [1.82, 2.24) is 9.97 Å². The molecule has 1 aliphatic heterocycles. The van der Waals surface area contributed by atoms with E-state index in [9.17, 15) is 4.79 Å². The fourth-order valence-electron chi connectivity index (χ4n) is 1.95. The van der Waals surface area contributed by atoms with Crippen LogP contribution in [-0.2, 0) is 6.42 Å². The third-order valence-electron chi connectivity index (χ3n) is 2.98. The highest BCUT2D eigenvalue weighted by Crippen LogP contribution is 2.15. The van der Waals surface area contributed by atoms with Gasteiger partial charge in [-0.15, -0.1) is 0 Å². The van der Waals surface area contributed by atoms with E-state index in [-0.39, 0.29) is 5.56 Å². The first-order valence-corrected chi connectivity index (χ1v) is 5.80. The van der Waals surface area contributed by atoms with Crippen molar-refractivity contribution in [1.29, 1.82) is 0 Å². The minimum atomic E-state index is -0.0725. The lowest BCUT2D eigenvalue weighted by atomic mass is 10.1. The number of nitrogens with zero attached hydrogens (tertiary/aromatic N) is 2. The molecule has 1 aliphatic rings. The molecule has 0 aliphatic carbocycles. The van der Waals surface area contributed by atoms with E-state index >= 15 is 0 Å². The van der Waals surface area contributed by atoms with Crippen LogP contribution in [0.4, 0.5) is 5.82 Å². The Balaban J connectivity index is 2.20. The first kappa shape index (κ1) is 11.1. The summed E-state index contributed by atoms with van der Waals surface area (Å²) in [4.78, 5) is 20.7. The van der Waals surface area contributed by atoms with E-state index in [0.717, 1.165) is 44.0 Å². The SMILES string of the molecule is CCc1nc(N2CCC(N)CC2)cc(=O)[nH]1. The number of hydrogen-bond acceptors (Lipinski definition) is 4. The van der Waals surface area contributed by atoms with Crippen LogP contribution in [0.2, 0.25) is 0 Å². The van der Waals surface area contributed by atoms with Gasteiger partial charge in [0.25, 0.3) is 5.56 Å². The average Bonchev–Trinajstić information content (AvgIpc) is 2.29. The molecule has 0 atom stereocenters. The summed E-state index contributed by atoms with van der Waals surface area (Å²) >= 11 is 0. The van der Waals surface area contributed by atoms with Crippen molar-refractivity contribution in [3.05, 3.63) is 22.2 Å². The molecular weight excluding hydrogens is 204 g/mol. The molecule has 88 valence electrons. The number of piperidine rings is 1. The molecule has 16 heavy (non-hydrogen) atoms. The summed E-state index contributed by atoms with van der Waals surface area (Å²) in [5.74, 6) is 1.53. The maximum absolute atomic E-state index is 11.4. The number of aromatic amines is 1. The summed E-state index contributed by atoms with van der Waals surface area (Å²) in [5.41, 5.74) is 5.77. The number of nitrogens with one attached hydrogen (secondary N) is 1. The van der Waals surface area contributed by atoms with Crippen molar-refractivity contribution in [2.24, 2.45) is 5.73 Å². The first-order chi connectivity index (χ1) is 7.69. The molecule has 5 nitrogen and oxygen atoms in total. The minimum Gasteiger partial charge on any atom is -0.356 e. The van der Waals surface area contributed by atoms with Gasteiger partial charge in [0.15, 0.2) is 0 Å². The zero-order valence-corrected chi connectivity index (χ0v) is 9.57. The molecule has 0 radical (unpaired) electrons. The Morgan fingerprint density at radius 2 is 2.25 bits per heavy atom. The van der Waals surface area contributed by atoms with Gasteiger partial charge in [-0.2, -0.15) is 0 Å². The Morgan fingerprint density at radius 1 is 1.56 bits per heavy atom. The van der Waals surface area contributed by atoms with Gasteiger partial charge in [-0.05, 0) is 12.8 Å². The molecule has 0 spiro atoms. The van der Waals surface area contributed by atoms with Gasteiger partial charge in [-0.3, -0.25) is 4.79 Å². The lowest BCUT2D eigenvalue weighted by molar-refractivity contribution is 0.498. The van der Waals surface area contributed by atoms with E-state index in [2.05, 4.69) is 14.9 Å². The Bertz CT molecular complexity index is 407. The number of H-pyrrole nitrogens is 1. The molecule has 1 aromatic rings. The quantitative estimate of drug-likeness (QED) is 0.752. The molecule has 1 aromatic heterocycles. The summed E-state index contributed by atoms with van der Waals surface area (Å²) in [7, 11) is 0. The summed E-state index contributed by atoms with van der Waals surface area (Å²) in [5, 5.41) is 0. The molecule has 1 fully saturated rings. The van der Waals surface area contributed by atoms with Gasteiger partial charge in [0, 0.05) is 31.6 Å². The molecule has 2 rings (SSSR count). The van der Waals surface area contributed by atoms with Crippen molar-refractivity contribution in [3.63, 3.8) is 0 Å². The standard InChI is InChI=1S/C11H18N4O/c1-2-9-13-10(7-11(16)14-9)15-5-3-8(12)4-6-15/h7-8H,2-6,12H2,1H3,(H,13,14,16). The second-order valence-corrected chi connectivity index (χ2v) is 4.23. The number of aryl methyl sites for hydroxylation is 1. The second-order valence-electron chi connectivity index (χ2n) is 4.23. The van der Waals surface area contributed by atoms with Crippen molar-refractivity contribution < 1.29 is 0 Å². The third-order valence-corrected chi connectivity index (χ3v) is 2.98. The monoisotopic (exact) mass is 222 g/mol. The molecule has 0 aromatic carbocycles. The predicted molar refractivity (Wildman–Crippen MR) is 63.7 cm³/mol. The van der Waals surface area contributed by atoms with Gasteiger partial charge in [-0.1, -0.05) is 6.92 Å². The molecule has 0 saturated carbocycles. The average molecular weight is 222 g/mol. The van der Waals surface area contributed by atoms with E-state index in [1.165, 1.54) is 0 Å². The third kappa shape index (κ3) is 2.41. The number of nitrogens with two attached hydrogens (primary N) is 1.